The molecule has 0 spiro atoms. The fraction of sp³-hybridized carbons (Fsp3) is 0.263. The standard InChI is InChI=1S/C19H22O/c1-19(2,3)17-12-10-16(11-13-17)18(20-4)14-15-8-6-5-7-9-15/h5-14H,1-4H3/b18-14+. The van der Waals surface area contributed by atoms with E-state index in [1.54, 1.807) is 7.11 Å². The molecular weight excluding hydrogens is 244 g/mol. The zero-order valence-electron chi connectivity index (χ0n) is 12.7. The molecule has 0 aliphatic carbocycles. The van der Waals surface area contributed by atoms with Crippen LogP contribution in [0.1, 0.15) is 37.5 Å². The molecule has 0 aliphatic heterocycles. The summed E-state index contributed by atoms with van der Waals surface area (Å²) in [4.78, 5) is 0. The first-order valence-electron chi connectivity index (χ1n) is 6.92. The molecule has 2 aromatic rings. The van der Waals surface area contributed by atoms with E-state index in [-0.39, 0.29) is 5.41 Å². The van der Waals surface area contributed by atoms with Gasteiger partial charge in [0.05, 0.1) is 7.11 Å². The second-order valence-electron chi connectivity index (χ2n) is 5.95. The van der Waals surface area contributed by atoms with Gasteiger partial charge in [0.15, 0.2) is 0 Å². The number of methoxy groups -OCH3 is 1. The van der Waals surface area contributed by atoms with Crippen LogP contribution in [0.15, 0.2) is 54.6 Å². The van der Waals surface area contributed by atoms with Gasteiger partial charge in [0.2, 0.25) is 0 Å². The second-order valence-corrected chi connectivity index (χ2v) is 5.95. The molecule has 0 amide bonds. The Balaban J connectivity index is 2.31. The van der Waals surface area contributed by atoms with E-state index < -0.39 is 0 Å². The lowest BCUT2D eigenvalue weighted by Crippen LogP contribution is -2.10. The molecule has 2 rings (SSSR count). The van der Waals surface area contributed by atoms with E-state index >= 15 is 0 Å². The summed E-state index contributed by atoms with van der Waals surface area (Å²) in [5, 5.41) is 0. The Morgan fingerprint density at radius 2 is 1.50 bits per heavy atom. The van der Waals surface area contributed by atoms with Crippen molar-refractivity contribution in [2.75, 3.05) is 7.11 Å². The maximum absolute atomic E-state index is 5.53. The molecule has 20 heavy (non-hydrogen) atoms. The lowest BCUT2D eigenvalue weighted by molar-refractivity contribution is 0.372. The highest BCUT2D eigenvalue weighted by atomic mass is 16.5. The van der Waals surface area contributed by atoms with Gasteiger partial charge >= 0.3 is 0 Å². The second kappa shape index (κ2) is 5.96. The minimum atomic E-state index is 0.176. The third-order valence-corrected chi connectivity index (χ3v) is 3.35. The summed E-state index contributed by atoms with van der Waals surface area (Å²) in [5.74, 6) is 0.886. The van der Waals surface area contributed by atoms with E-state index in [0.717, 1.165) is 16.9 Å². The molecule has 0 heterocycles. The molecule has 0 radical (unpaired) electrons. The van der Waals surface area contributed by atoms with Crippen molar-refractivity contribution in [2.24, 2.45) is 0 Å². The van der Waals surface area contributed by atoms with Crippen molar-refractivity contribution in [3.63, 3.8) is 0 Å². The lowest BCUT2D eigenvalue weighted by Gasteiger charge is -2.19. The molecule has 0 aliphatic rings. The van der Waals surface area contributed by atoms with Crippen molar-refractivity contribution in [1.82, 2.24) is 0 Å². The van der Waals surface area contributed by atoms with Gasteiger partial charge in [-0.2, -0.15) is 0 Å². The smallest absolute Gasteiger partial charge is 0.126 e. The minimum Gasteiger partial charge on any atom is -0.496 e. The third kappa shape index (κ3) is 3.51. The number of rotatable bonds is 3. The SMILES string of the molecule is CO/C(=C/c1ccccc1)c1ccc(C(C)(C)C)cc1. The van der Waals surface area contributed by atoms with Crippen molar-refractivity contribution in [1.29, 1.82) is 0 Å². The highest BCUT2D eigenvalue weighted by Crippen LogP contribution is 2.25. The number of ether oxygens (including phenoxy) is 1. The van der Waals surface area contributed by atoms with Gasteiger partial charge in [-0.15, -0.1) is 0 Å². The fourth-order valence-electron chi connectivity index (χ4n) is 2.10. The number of hydrogen-bond donors (Lipinski definition) is 0. The first-order valence-corrected chi connectivity index (χ1v) is 6.92. The van der Waals surface area contributed by atoms with Crippen molar-refractivity contribution in [2.45, 2.75) is 26.2 Å². The van der Waals surface area contributed by atoms with Crippen LogP contribution in [0, 0.1) is 0 Å². The third-order valence-electron chi connectivity index (χ3n) is 3.35. The molecule has 0 fully saturated rings. The Labute approximate surface area is 121 Å². The Morgan fingerprint density at radius 3 is 2.00 bits per heavy atom. The topological polar surface area (TPSA) is 9.23 Å². The molecule has 0 aromatic heterocycles. The predicted octanol–water partition coefficient (Wildman–Crippen LogP) is 5.13. The van der Waals surface area contributed by atoms with E-state index in [4.69, 9.17) is 4.74 Å². The van der Waals surface area contributed by atoms with Gasteiger partial charge < -0.3 is 4.74 Å². The normalized spacial score (nSPS) is 12.3. The Hall–Kier alpha value is -2.02. The molecule has 0 saturated carbocycles. The first-order chi connectivity index (χ1) is 9.50. The van der Waals surface area contributed by atoms with Crippen LogP contribution in [-0.2, 0) is 10.2 Å². The maximum Gasteiger partial charge on any atom is 0.126 e. The van der Waals surface area contributed by atoms with Crippen LogP contribution in [0.3, 0.4) is 0 Å². The number of hydrogen-bond acceptors (Lipinski definition) is 1. The molecule has 1 nitrogen and oxygen atoms in total. The van der Waals surface area contributed by atoms with Crippen molar-refractivity contribution >= 4 is 11.8 Å². The monoisotopic (exact) mass is 266 g/mol. The zero-order chi connectivity index (χ0) is 14.6. The molecule has 104 valence electrons. The van der Waals surface area contributed by atoms with Crippen molar-refractivity contribution in [3.05, 3.63) is 71.3 Å². The van der Waals surface area contributed by atoms with Crippen molar-refractivity contribution < 1.29 is 4.74 Å². The molecule has 0 N–H and O–H groups in total. The maximum atomic E-state index is 5.53. The predicted molar refractivity (Wildman–Crippen MR) is 86.5 cm³/mol. The summed E-state index contributed by atoms with van der Waals surface area (Å²) >= 11 is 0. The molecule has 2 aromatic carbocycles. The van der Waals surface area contributed by atoms with Crippen LogP contribution in [0.5, 0.6) is 0 Å². The highest BCUT2D eigenvalue weighted by Gasteiger charge is 2.13. The summed E-state index contributed by atoms with van der Waals surface area (Å²) in [6, 6.07) is 18.8. The van der Waals surface area contributed by atoms with Crippen LogP contribution in [0.4, 0.5) is 0 Å². The molecule has 0 bridgehead atoms. The lowest BCUT2D eigenvalue weighted by atomic mass is 9.86. The molecule has 0 unspecified atom stereocenters. The summed E-state index contributed by atoms with van der Waals surface area (Å²) in [6.07, 6.45) is 2.06. The Kier molecular flexibility index (Phi) is 4.29. The summed E-state index contributed by atoms with van der Waals surface area (Å²) in [7, 11) is 1.71. The van der Waals surface area contributed by atoms with Crippen LogP contribution in [0.2, 0.25) is 0 Å². The van der Waals surface area contributed by atoms with Gasteiger partial charge in [0.1, 0.15) is 5.76 Å². The highest BCUT2D eigenvalue weighted by molar-refractivity contribution is 5.77. The van der Waals surface area contributed by atoms with Gasteiger partial charge in [0, 0.05) is 5.56 Å². The van der Waals surface area contributed by atoms with Crippen LogP contribution >= 0.6 is 0 Å². The van der Waals surface area contributed by atoms with Gasteiger partial charge in [-0.25, -0.2) is 0 Å². The van der Waals surface area contributed by atoms with E-state index in [1.807, 2.05) is 18.2 Å². The summed E-state index contributed by atoms with van der Waals surface area (Å²) in [5.41, 5.74) is 3.75. The van der Waals surface area contributed by atoms with Gasteiger partial charge in [-0.05, 0) is 22.6 Å². The molecule has 1 heteroatoms. The van der Waals surface area contributed by atoms with Crippen LogP contribution in [0.25, 0.3) is 11.8 Å². The minimum absolute atomic E-state index is 0.176. The number of benzene rings is 2. The summed E-state index contributed by atoms with van der Waals surface area (Å²) < 4.78 is 5.53. The van der Waals surface area contributed by atoms with E-state index in [2.05, 4.69) is 63.2 Å². The summed E-state index contributed by atoms with van der Waals surface area (Å²) in [6.45, 7) is 6.66. The molecular formula is C19H22O. The Morgan fingerprint density at radius 1 is 0.900 bits per heavy atom. The zero-order valence-corrected chi connectivity index (χ0v) is 12.7. The van der Waals surface area contributed by atoms with Gasteiger partial charge in [0.25, 0.3) is 0 Å². The van der Waals surface area contributed by atoms with Crippen molar-refractivity contribution in [3.8, 4) is 0 Å². The quantitative estimate of drug-likeness (QED) is 0.553. The van der Waals surface area contributed by atoms with E-state index in [9.17, 15) is 0 Å². The fourth-order valence-corrected chi connectivity index (χ4v) is 2.10. The largest absolute Gasteiger partial charge is 0.496 e. The van der Waals surface area contributed by atoms with Gasteiger partial charge in [-0.3, -0.25) is 0 Å². The average Bonchev–Trinajstić information content (AvgIpc) is 2.45. The average molecular weight is 266 g/mol. The Bertz CT molecular complexity index is 571. The van der Waals surface area contributed by atoms with Gasteiger partial charge in [-0.1, -0.05) is 75.4 Å². The molecule has 0 saturated heterocycles. The van der Waals surface area contributed by atoms with Crippen LogP contribution < -0.4 is 0 Å². The first kappa shape index (κ1) is 14.4. The van der Waals surface area contributed by atoms with E-state index in [0.29, 0.717) is 0 Å². The van der Waals surface area contributed by atoms with E-state index in [1.165, 1.54) is 5.56 Å². The molecule has 0 atom stereocenters. The van der Waals surface area contributed by atoms with Crippen LogP contribution in [-0.4, -0.2) is 7.11 Å².